The third-order valence-electron chi connectivity index (χ3n) is 3.84. The van der Waals surface area contributed by atoms with Crippen LogP contribution in [0.15, 0.2) is 36.0 Å². The molecule has 0 aromatic heterocycles. The highest BCUT2D eigenvalue weighted by Gasteiger charge is 2.31. The van der Waals surface area contributed by atoms with Crippen molar-refractivity contribution >= 4 is 0 Å². The van der Waals surface area contributed by atoms with Crippen molar-refractivity contribution in [3.8, 4) is 0 Å². The molecule has 116 valence electrons. The van der Waals surface area contributed by atoms with Crippen molar-refractivity contribution in [2.45, 2.75) is 58.3 Å². The normalized spacial score (nSPS) is 19.9. The van der Waals surface area contributed by atoms with E-state index in [1.54, 1.807) is 12.1 Å². The summed E-state index contributed by atoms with van der Waals surface area (Å²) < 4.78 is 37.6. The van der Waals surface area contributed by atoms with Gasteiger partial charge in [0.2, 0.25) is 0 Å². The predicted molar refractivity (Wildman–Crippen MR) is 78.9 cm³/mol. The average molecular weight is 297 g/mol. The maximum absolute atomic E-state index is 12.5. The molecule has 0 amide bonds. The maximum atomic E-state index is 12.5. The molecule has 1 aromatic rings. The van der Waals surface area contributed by atoms with Gasteiger partial charge in [0, 0.05) is 11.6 Å². The standard InChI is InChI=1S/C17H22F3N/c1-12-9-14(11-21(12)16(2,3)4)10-13-5-7-15(8-6-13)17(18,19)20/h5-8,11-12H,9-10H2,1-4H3. The number of hydrogen-bond donors (Lipinski definition) is 0. The summed E-state index contributed by atoms with van der Waals surface area (Å²) in [6, 6.07) is 5.92. The Hall–Kier alpha value is -1.45. The van der Waals surface area contributed by atoms with Crippen molar-refractivity contribution in [1.29, 1.82) is 0 Å². The third kappa shape index (κ3) is 3.80. The lowest BCUT2D eigenvalue weighted by molar-refractivity contribution is -0.137. The highest BCUT2D eigenvalue weighted by molar-refractivity contribution is 5.29. The minimum absolute atomic E-state index is 0.0707. The largest absolute Gasteiger partial charge is 0.416 e. The van der Waals surface area contributed by atoms with Gasteiger partial charge in [-0.25, -0.2) is 0 Å². The number of halogens is 3. The van der Waals surface area contributed by atoms with E-state index in [1.807, 2.05) is 0 Å². The Balaban J connectivity index is 2.09. The van der Waals surface area contributed by atoms with Gasteiger partial charge in [-0.2, -0.15) is 13.2 Å². The van der Waals surface area contributed by atoms with Crippen LogP contribution in [0, 0.1) is 0 Å². The minimum atomic E-state index is -4.26. The first-order chi connectivity index (χ1) is 9.57. The molecule has 0 radical (unpaired) electrons. The van der Waals surface area contributed by atoms with Gasteiger partial charge in [-0.05, 0) is 70.0 Å². The van der Waals surface area contributed by atoms with E-state index in [1.165, 1.54) is 5.57 Å². The smallest absolute Gasteiger partial charge is 0.370 e. The first-order valence-electron chi connectivity index (χ1n) is 7.21. The van der Waals surface area contributed by atoms with E-state index in [0.29, 0.717) is 6.04 Å². The fraction of sp³-hybridized carbons (Fsp3) is 0.529. The van der Waals surface area contributed by atoms with Gasteiger partial charge in [0.05, 0.1) is 5.56 Å². The lowest BCUT2D eigenvalue weighted by Crippen LogP contribution is -2.40. The van der Waals surface area contributed by atoms with Crippen LogP contribution in [0.1, 0.15) is 45.2 Å². The quantitative estimate of drug-likeness (QED) is 0.740. The maximum Gasteiger partial charge on any atom is 0.416 e. The van der Waals surface area contributed by atoms with Gasteiger partial charge < -0.3 is 4.90 Å². The van der Waals surface area contributed by atoms with Crippen LogP contribution in [-0.2, 0) is 12.6 Å². The number of nitrogens with zero attached hydrogens (tertiary/aromatic N) is 1. The third-order valence-corrected chi connectivity index (χ3v) is 3.84. The molecule has 0 N–H and O–H groups in total. The summed E-state index contributed by atoms with van der Waals surface area (Å²) in [6.45, 7) is 8.69. The minimum Gasteiger partial charge on any atom is -0.370 e. The summed E-state index contributed by atoms with van der Waals surface area (Å²) in [5, 5.41) is 0. The first-order valence-corrected chi connectivity index (χ1v) is 7.21. The molecule has 21 heavy (non-hydrogen) atoms. The zero-order valence-electron chi connectivity index (χ0n) is 13.0. The van der Waals surface area contributed by atoms with E-state index in [4.69, 9.17) is 0 Å². The molecule has 1 atom stereocenters. The summed E-state index contributed by atoms with van der Waals surface area (Å²) >= 11 is 0. The first kappa shape index (κ1) is 15.9. The van der Waals surface area contributed by atoms with Crippen LogP contribution in [0.3, 0.4) is 0 Å². The molecule has 0 aliphatic carbocycles. The summed E-state index contributed by atoms with van der Waals surface area (Å²) in [5.74, 6) is 0. The van der Waals surface area contributed by atoms with E-state index < -0.39 is 11.7 Å². The van der Waals surface area contributed by atoms with Crippen LogP contribution < -0.4 is 0 Å². The molecule has 0 saturated heterocycles. The number of alkyl halides is 3. The molecule has 2 rings (SSSR count). The topological polar surface area (TPSA) is 3.24 Å². The van der Waals surface area contributed by atoms with Crippen molar-refractivity contribution in [2.24, 2.45) is 0 Å². The van der Waals surface area contributed by atoms with Crippen LogP contribution in [0.4, 0.5) is 13.2 Å². The predicted octanol–water partition coefficient (Wildman–Crippen LogP) is 5.02. The Bertz CT molecular complexity index is 520. The fourth-order valence-corrected chi connectivity index (χ4v) is 2.90. The summed E-state index contributed by atoms with van der Waals surface area (Å²) in [7, 11) is 0. The summed E-state index contributed by atoms with van der Waals surface area (Å²) in [5.41, 5.74) is 1.69. The molecular weight excluding hydrogens is 275 g/mol. The molecule has 1 aliphatic heterocycles. The summed E-state index contributed by atoms with van der Waals surface area (Å²) in [4.78, 5) is 2.33. The Morgan fingerprint density at radius 2 is 1.67 bits per heavy atom. The van der Waals surface area contributed by atoms with Crippen molar-refractivity contribution in [1.82, 2.24) is 4.90 Å². The second kappa shape index (κ2) is 5.39. The molecule has 4 heteroatoms. The Kier molecular flexibility index (Phi) is 4.09. The molecule has 1 nitrogen and oxygen atoms in total. The molecule has 1 heterocycles. The van der Waals surface area contributed by atoms with Crippen LogP contribution >= 0.6 is 0 Å². The van der Waals surface area contributed by atoms with Gasteiger partial charge in [-0.3, -0.25) is 0 Å². The van der Waals surface area contributed by atoms with Crippen LogP contribution in [0.25, 0.3) is 0 Å². The summed E-state index contributed by atoms with van der Waals surface area (Å²) in [6.07, 6.45) is -0.404. The van der Waals surface area contributed by atoms with Crippen molar-refractivity contribution in [3.63, 3.8) is 0 Å². The van der Waals surface area contributed by atoms with Gasteiger partial charge in [0.25, 0.3) is 0 Å². The Labute approximate surface area is 124 Å². The van der Waals surface area contributed by atoms with E-state index in [9.17, 15) is 13.2 Å². The van der Waals surface area contributed by atoms with Crippen molar-refractivity contribution in [3.05, 3.63) is 47.2 Å². The van der Waals surface area contributed by atoms with Gasteiger partial charge in [0.1, 0.15) is 0 Å². The number of hydrogen-bond acceptors (Lipinski definition) is 1. The van der Waals surface area contributed by atoms with Crippen LogP contribution in [0.2, 0.25) is 0 Å². The Morgan fingerprint density at radius 3 is 2.10 bits per heavy atom. The number of rotatable bonds is 2. The molecule has 0 spiro atoms. The van der Waals surface area contributed by atoms with Crippen molar-refractivity contribution in [2.75, 3.05) is 0 Å². The van der Waals surface area contributed by atoms with E-state index in [-0.39, 0.29) is 5.54 Å². The molecule has 1 aliphatic rings. The second-order valence-corrected chi connectivity index (χ2v) is 6.79. The lowest BCUT2D eigenvalue weighted by Gasteiger charge is -2.36. The van der Waals surface area contributed by atoms with Gasteiger partial charge >= 0.3 is 6.18 Å². The monoisotopic (exact) mass is 297 g/mol. The zero-order valence-corrected chi connectivity index (χ0v) is 13.0. The molecule has 1 unspecified atom stereocenters. The molecule has 0 bridgehead atoms. The van der Waals surface area contributed by atoms with E-state index >= 15 is 0 Å². The SMILES string of the molecule is CC1CC(Cc2ccc(C(F)(F)F)cc2)=CN1C(C)(C)C. The fourth-order valence-electron chi connectivity index (χ4n) is 2.90. The van der Waals surface area contributed by atoms with E-state index in [0.717, 1.165) is 30.5 Å². The highest BCUT2D eigenvalue weighted by Crippen LogP contribution is 2.32. The van der Waals surface area contributed by atoms with Crippen LogP contribution in [0.5, 0.6) is 0 Å². The van der Waals surface area contributed by atoms with Crippen molar-refractivity contribution < 1.29 is 13.2 Å². The zero-order chi connectivity index (χ0) is 15.8. The van der Waals surface area contributed by atoms with Gasteiger partial charge in [-0.1, -0.05) is 12.1 Å². The average Bonchev–Trinajstić information content (AvgIpc) is 2.69. The molecule has 1 aromatic carbocycles. The van der Waals surface area contributed by atoms with Gasteiger partial charge in [0.15, 0.2) is 0 Å². The molecule has 0 fully saturated rings. The molecular formula is C17H22F3N. The second-order valence-electron chi connectivity index (χ2n) is 6.79. The Morgan fingerprint density at radius 1 is 1.10 bits per heavy atom. The molecule has 0 saturated carbocycles. The highest BCUT2D eigenvalue weighted by atomic mass is 19.4. The lowest BCUT2D eigenvalue weighted by atomic mass is 10.0. The van der Waals surface area contributed by atoms with Gasteiger partial charge in [-0.15, -0.1) is 0 Å². The van der Waals surface area contributed by atoms with E-state index in [2.05, 4.69) is 38.8 Å². The number of benzene rings is 1. The van der Waals surface area contributed by atoms with Crippen LogP contribution in [-0.4, -0.2) is 16.5 Å².